The maximum absolute atomic E-state index is 12.9. The maximum Gasteiger partial charge on any atom is 0.252 e. The molecular formula is C16H18FN3O. The van der Waals surface area contributed by atoms with Gasteiger partial charge in [-0.25, -0.2) is 9.37 Å². The van der Waals surface area contributed by atoms with Crippen molar-refractivity contribution in [1.82, 2.24) is 9.97 Å². The van der Waals surface area contributed by atoms with Gasteiger partial charge in [-0.2, -0.15) is 0 Å². The molecule has 1 aromatic heterocycles. The van der Waals surface area contributed by atoms with Crippen LogP contribution in [0.3, 0.4) is 0 Å². The summed E-state index contributed by atoms with van der Waals surface area (Å²) in [5, 5.41) is 3.04. The van der Waals surface area contributed by atoms with Gasteiger partial charge in [-0.3, -0.25) is 4.79 Å². The molecule has 1 heterocycles. The molecule has 0 unspecified atom stereocenters. The summed E-state index contributed by atoms with van der Waals surface area (Å²) in [5.41, 5.74) is 0.545. The SMILES string of the molecule is O=c1cc(Nc2ccc(F)cc2)nc(CC2CCCC2)[nH]1. The predicted molar refractivity (Wildman–Crippen MR) is 80.2 cm³/mol. The molecule has 21 heavy (non-hydrogen) atoms. The third-order valence-electron chi connectivity index (χ3n) is 3.86. The normalized spacial score (nSPS) is 15.3. The molecular weight excluding hydrogens is 269 g/mol. The highest BCUT2D eigenvalue weighted by Crippen LogP contribution is 2.27. The summed E-state index contributed by atoms with van der Waals surface area (Å²) in [6, 6.07) is 7.40. The largest absolute Gasteiger partial charge is 0.340 e. The fourth-order valence-electron chi connectivity index (χ4n) is 2.84. The summed E-state index contributed by atoms with van der Waals surface area (Å²) in [4.78, 5) is 19.0. The second-order valence-corrected chi connectivity index (χ2v) is 5.56. The number of halogens is 1. The predicted octanol–water partition coefficient (Wildman–Crippen LogP) is 3.39. The number of hydrogen-bond acceptors (Lipinski definition) is 3. The van der Waals surface area contributed by atoms with Gasteiger partial charge in [0.25, 0.3) is 5.56 Å². The molecule has 1 aliphatic carbocycles. The van der Waals surface area contributed by atoms with E-state index in [4.69, 9.17) is 0 Å². The monoisotopic (exact) mass is 287 g/mol. The van der Waals surface area contributed by atoms with Crippen LogP contribution >= 0.6 is 0 Å². The van der Waals surface area contributed by atoms with Crippen molar-refractivity contribution in [3.8, 4) is 0 Å². The Morgan fingerprint density at radius 1 is 1.24 bits per heavy atom. The lowest BCUT2D eigenvalue weighted by molar-refractivity contribution is 0.529. The molecule has 4 nitrogen and oxygen atoms in total. The number of anilines is 2. The minimum Gasteiger partial charge on any atom is -0.340 e. The number of hydrogen-bond donors (Lipinski definition) is 2. The average Bonchev–Trinajstić information content (AvgIpc) is 2.93. The molecule has 110 valence electrons. The van der Waals surface area contributed by atoms with Gasteiger partial charge in [0.15, 0.2) is 0 Å². The summed E-state index contributed by atoms with van der Waals surface area (Å²) in [5.74, 6) is 1.55. The number of aromatic nitrogens is 2. The Hall–Kier alpha value is -2.17. The smallest absolute Gasteiger partial charge is 0.252 e. The first-order valence-corrected chi connectivity index (χ1v) is 7.32. The zero-order valence-corrected chi connectivity index (χ0v) is 11.7. The molecule has 0 aliphatic heterocycles. The van der Waals surface area contributed by atoms with Gasteiger partial charge in [0.1, 0.15) is 17.5 Å². The molecule has 0 saturated heterocycles. The van der Waals surface area contributed by atoms with Gasteiger partial charge >= 0.3 is 0 Å². The Kier molecular flexibility index (Phi) is 3.99. The van der Waals surface area contributed by atoms with Crippen LogP contribution in [0.25, 0.3) is 0 Å². The molecule has 1 fully saturated rings. The Labute approximate surface area is 122 Å². The minimum atomic E-state index is -0.290. The van der Waals surface area contributed by atoms with Crippen LogP contribution in [0.4, 0.5) is 15.9 Å². The van der Waals surface area contributed by atoms with Crippen LogP contribution in [-0.2, 0) is 6.42 Å². The van der Waals surface area contributed by atoms with Crippen molar-refractivity contribution in [2.45, 2.75) is 32.1 Å². The van der Waals surface area contributed by atoms with E-state index in [0.29, 0.717) is 17.4 Å². The van der Waals surface area contributed by atoms with Crippen LogP contribution < -0.4 is 10.9 Å². The molecule has 1 aliphatic rings. The van der Waals surface area contributed by atoms with E-state index in [-0.39, 0.29) is 11.4 Å². The van der Waals surface area contributed by atoms with Crippen molar-refractivity contribution in [3.63, 3.8) is 0 Å². The Balaban J connectivity index is 1.76. The Morgan fingerprint density at radius 2 is 1.95 bits per heavy atom. The molecule has 2 N–H and O–H groups in total. The second-order valence-electron chi connectivity index (χ2n) is 5.56. The number of nitrogens with zero attached hydrogens (tertiary/aromatic N) is 1. The van der Waals surface area contributed by atoms with E-state index in [2.05, 4.69) is 15.3 Å². The van der Waals surface area contributed by atoms with Crippen LogP contribution in [0.5, 0.6) is 0 Å². The fourth-order valence-corrected chi connectivity index (χ4v) is 2.84. The highest BCUT2D eigenvalue weighted by Gasteiger charge is 2.16. The third kappa shape index (κ3) is 3.68. The van der Waals surface area contributed by atoms with Crippen LogP contribution in [0, 0.1) is 11.7 Å². The highest BCUT2D eigenvalue weighted by molar-refractivity contribution is 5.55. The van der Waals surface area contributed by atoms with E-state index < -0.39 is 0 Å². The summed E-state index contributed by atoms with van der Waals surface area (Å²) >= 11 is 0. The summed E-state index contributed by atoms with van der Waals surface area (Å²) < 4.78 is 12.9. The van der Waals surface area contributed by atoms with Gasteiger partial charge < -0.3 is 10.3 Å². The van der Waals surface area contributed by atoms with Crippen LogP contribution in [0.2, 0.25) is 0 Å². The topological polar surface area (TPSA) is 57.8 Å². The van der Waals surface area contributed by atoms with Crippen molar-refractivity contribution in [3.05, 3.63) is 52.3 Å². The molecule has 1 aromatic carbocycles. The first-order valence-electron chi connectivity index (χ1n) is 7.32. The average molecular weight is 287 g/mol. The quantitative estimate of drug-likeness (QED) is 0.906. The molecule has 5 heteroatoms. The van der Waals surface area contributed by atoms with Gasteiger partial charge in [0.2, 0.25) is 0 Å². The Morgan fingerprint density at radius 3 is 2.67 bits per heavy atom. The van der Waals surface area contributed by atoms with E-state index in [1.807, 2.05) is 0 Å². The van der Waals surface area contributed by atoms with Gasteiger partial charge in [-0.05, 0) is 30.2 Å². The highest BCUT2D eigenvalue weighted by atomic mass is 19.1. The van der Waals surface area contributed by atoms with Crippen molar-refractivity contribution in [2.75, 3.05) is 5.32 Å². The number of benzene rings is 1. The molecule has 1 saturated carbocycles. The maximum atomic E-state index is 12.9. The van der Waals surface area contributed by atoms with Gasteiger partial charge in [-0.15, -0.1) is 0 Å². The molecule has 0 bridgehead atoms. The molecule has 0 radical (unpaired) electrons. The van der Waals surface area contributed by atoms with Crippen molar-refractivity contribution < 1.29 is 4.39 Å². The summed E-state index contributed by atoms with van der Waals surface area (Å²) in [7, 11) is 0. The van der Waals surface area contributed by atoms with Gasteiger partial charge in [-0.1, -0.05) is 25.7 Å². The van der Waals surface area contributed by atoms with Crippen LogP contribution in [0.1, 0.15) is 31.5 Å². The molecule has 0 atom stereocenters. The summed E-state index contributed by atoms with van der Waals surface area (Å²) in [6.45, 7) is 0. The van der Waals surface area contributed by atoms with E-state index in [9.17, 15) is 9.18 Å². The van der Waals surface area contributed by atoms with Crippen molar-refractivity contribution in [1.29, 1.82) is 0 Å². The summed E-state index contributed by atoms with van der Waals surface area (Å²) in [6.07, 6.45) is 5.76. The second kappa shape index (κ2) is 6.08. The van der Waals surface area contributed by atoms with Crippen LogP contribution in [-0.4, -0.2) is 9.97 Å². The zero-order valence-electron chi connectivity index (χ0n) is 11.7. The van der Waals surface area contributed by atoms with Gasteiger partial charge in [0, 0.05) is 18.2 Å². The number of nitrogens with one attached hydrogen (secondary N) is 2. The van der Waals surface area contributed by atoms with E-state index in [0.717, 1.165) is 12.2 Å². The molecule has 3 rings (SSSR count). The van der Waals surface area contributed by atoms with Crippen molar-refractivity contribution in [2.24, 2.45) is 5.92 Å². The lowest BCUT2D eigenvalue weighted by atomic mass is 10.0. The Bertz CT molecular complexity index is 660. The zero-order chi connectivity index (χ0) is 14.7. The molecule has 0 amide bonds. The van der Waals surface area contributed by atoms with Crippen molar-refractivity contribution >= 4 is 11.5 Å². The lowest BCUT2D eigenvalue weighted by Gasteiger charge is -2.10. The van der Waals surface area contributed by atoms with Crippen LogP contribution in [0.15, 0.2) is 35.1 Å². The number of rotatable bonds is 4. The fraction of sp³-hybridized carbons (Fsp3) is 0.375. The van der Waals surface area contributed by atoms with E-state index in [1.54, 1.807) is 12.1 Å². The third-order valence-corrected chi connectivity index (χ3v) is 3.86. The van der Waals surface area contributed by atoms with E-state index in [1.165, 1.54) is 43.9 Å². The minimum absolute atomic E-state index is 0.164. The first kappa shape index (κ1) is 13.8. The number of H-pyrrole nitrogens is 1. The van der Waals surface area contributed by atoms with E-state index >= 15 is 0 Å². The molecule has 0 spiro atoms. The standard InChI is InChI=1S/C16H18FN3O/c17-12-5-7-13(8-6-12)18-15-10-16(21)20-14(19-15)9-11-3-1-2-4-11/h5-8,10-11H,1-4,9H2,(H2,18,19,20,21). The lowest BCUT2D eigenvalue weighted by Crippen LogP contribution is -2.14. The molecule has 2 aromatic rings. The van der Waals surface area contributed by atoms with Gasteiger partial charge in [0.05, 0.1) is 0 Å². The first-order chi connectivity index (χ1) is 10.2. The number of aromatic amines is 1.